The molecule has 1 saturated carbocycles. The minimum absolute atomic E-state index is 0. The summed E-state index contributed by atoms with van der Waals surface area (Å²) >= 11 is 0. The first kappa shape index (κ1) is 36.2. The van der Waals surface area contributed by atoms with Crippen molar-refractivity contribution in [1.29, 1.82) is 0 Å². The quantitative estimate of drug-likeness (QED) is 0.410. The largest absolute Gasteiger partial charge is 0.341 e. The van der Waals surface area contributed by atoms with Gasteiger partial charge in [-0.2, -0.15) is 0 Å². The molecule has 2 aromatic rings. The molecule has 4 aliphatic rings. The Morgan fingerprint density at radius 1 is 0.938 bits per heavy atom. The van der Waals surface area contributed by atoms with E-state index in [4.69, 9.17) is 0 Å². The summed E-state index contributed by atoms with van der Waals surface area (Å²) in [4.78, 5) is 45.6. The van der Waals surface area contributed by atoms with Crippen molar-refractivity contribution in [3.05, 3.63) is 65.7 Å². The number of hydrogen-bond acceptors (Lipinski definition) is 6. The van der Waals surface area contributed by atoms with Crippen molar-refractivity contribution in [2.75, 3.05) is 46.8 Å². The summed E-state index contributed by atoms with van der Waals surface area (Å²) in [6, 6.07) is 15.8. The van der Waals surface area contributed by atoms with Crippen molar-refractivity contribution >= 4 is 40.3 Å². The summed E-state index contributed by atoms with van der Waals surface area (Å²) in [5.41, 5.74) is 0.814. The highest BCUT2D eigenvalue weighted by atomic mass is 35.5. The average Bonchev–Trinajstić information content (AvgIpc) is 3.57. The highest BCUT2D eigenvalue weighted by molar-refractivity contribution is 7.89. The van der Waals surface area contributed by atoms with Crippen LogP contribution in [0.1, 0.15) is 55.6 Å². The number of imide groups is 1. The predicted molar refractivity (Wildman–Crippen MR) is 178 cm³/mol. The summed E-state index contributed by atoms with van der Waals surface area (Å²) in [7, 11) is -0.678. The third-order valence-corrected chi connectivity index (χ3v) is 12.4. The highest BCUT2D eigenvalue weighted by Crippen LogP contribution is 2.40. The van der Waals surface area contributed by atoms with Crippen LogP contribution in [0.3, 0.4) is 0 Å². The summed E-state index contributed by atoms with van der Waals surface area (Å²) in [6.07, 6.45) is 0.873. The van der Waals surface area contributed by atoms with Gasteiger partial charge in [0, 0.05) is 71.5 Å². The summed E-state index contributed by atoms with van der Waals surface area (Å²) < 4.78 is 53.5. The Labute approximate surface area is 287 Å². The molecule has 4 fully saturated rings. The van der Waals surface area contributed by atoms with E-state index in [9.17, 15) is 31.6 Å². The van der Waals surface area contributed by atoms with Gasteiger partial charge in [0.05, 0.1) is 11.4 Å². The van der Waals surface area contributed by atoms with Crippen LogP contribution in [-0.2, 0) is 26.2 Å². The van der Waals surface area contributed by atoms with Gasteiger partial charge in [-0.3, -0.25) is 14.5 Å². The normalized spacial score (nSPS) is 24.6. The van der Waals surface area contributed by atoms with Crippen molar-refractivity contribution in [3.8, 4) is 0 Å². The molecule has 0 aromatic heterocycles. The van der Waals surface area contributed by atoms with Crippen LogP contribution >= 0.6 is 12.4 Å². The standard InChI is InChI=1S/C34H43F2N5O5S.ClH/c1-38(2)47(45,46)28-10-8-24(9-11-28)20-41-31(43)33(37-32(41)44)16-18-39(19-17-33)21-27-22-40(23-29(27)25-6-4-3-5-7-25)30(42)26-12-14-34(35,36)15-13-26;/h3-11,26-27,29H,12-23H2,1-2H3,(H,37,44);1H/t27-,29+;/m0./s1. The van der Waals surface area contributed by atoms with Gasteiger partial charge in [-0.25, -0.2) is 26.3 Å². The van der Waals surface area contributed by atoms with E-state index < -0.39 is 27.5 Å². The van der Waals surface area contributed by atoms with Crippen molar-refractivity contribution in [3.63, 3.8) is 0 Å². The van der Waals surface area contributed by atoms with Crippen LogP contribution in [0.2, 0.25) is 0 Å². The van der Waals surface area contributed by atoms with Crippen molar-refractivity contribution in [1.82, 2.24) is 24.3 Å². The number of hydrogen-bond donors (Lipinski definition) is 1. The fourth-order valence-electron chi connectivity index (χ4n) is 7.63. The number of rotatable bonds is 8. The molecule has 1 N–H and O–H groups in total. The molecule has 2 aromatic carbocycles. The van der Waals surface area contributed by atoms with Gasteiger partial charge in [0.25, 0.3) is 5.91 Å². The van der Waals surface area contributed by atoms with Crippen molar-refractivity contribution in [2.24, 2.45) is 11.8 Å². The van der Waals surface area contributed by atoms with Gasteiger partial charge >= 0.3 is 6.03 Å². The molecule has 14 heteroatoms. The van der Waals surface area contributed by atoms with E-state index in [0.717, 1.165) is 16.4 Å². The topological polar surface area (TPSA) is 110 Å². The van der Waals surface area contributed by atoms with Gasteiger partial charge in [-0.1, -0.05) is 42.5 Å². The molecule has 6 rings (SSSR count). The monoisotopic (exact) mass is 707 g/mol. The van der Waals surface area contributed by atoms with Crippen LogP contribution in [0.4, 0.5) is 13.6 Å². The van der Waals surface area contributed by atoms with E-state index in [1.54, 1.807) is 12.1 Å². The number of urea groups is 1. The maximum absolute atomic E-state index is 13.8. The Bertz CT molecular complexity index is 1590. The van der Waals surface area contributed by atoms with Crippen LogP contribution in [0.5, 0.6) is 0 Å². The molecule has 0 bridgehead atoms. The molecular formula is C34H44ClF2N5O5S. The number of benzene rings is 2. The first-order chi connectivity index (χ1) is 22.3. The maximum atomic E-state index is 13.8. The molecule has 0 radical (unpaired) electrons. The zero-order valence-electron chi connectivity index (χ0n) is 27.3. The van der Waals surface area contributed by atoms with Crippen LogP contribution in [-0.4, -0.2) is 104 Å². The Kier molecular flexibility index (Phi) is 10.6. The lowest BCUT2D eigenvalue weighted by molar-refractivity contribution is -0.139. The minimum atomic E-state index is -3.59. The molecule has 2 atom stereocenters. The second-order valence-electron chi connectivity index (χ2n) is 13.8. The van der Waals surface area contributed by atoms with Crippen LogP contribution in [0, 0.1) is 11.8 Å². The number of halogens is 3. The fourth-order valence-corrected chi connectivity index (χ4v) is 8.53. The first-order valence-corrected chi connectivity index (χ1v) is 17.8. The zero-order valence-corrected chi connectivity index (χ0v) is 28.9. The second-order valence-corrected chi connectivity index (χ2v) is 15.9. The average molecular weight is 708 g/mol. The third kappa shape index (κ3) is 7.24. The lowest BCUT2D eigenvalue weighted by Gasteiger charge is -2.39. The number of sulfonamides is 1. The number of carbonyl (C=O) groups is 3. The van der Waals surface area contributed by atoms with Crippen LogP contribution in [0.25, 0.3) is 0 Å². The molecule has 1 spiro atoms. The summed E-state index contributed by atoms with van der Waals surface area (Å²) in [5.74, 6) is -3.07. The summed E-state index contributed by atoms with van der Waals surface area (Å²) in [6.45, 7) is 3.08. The molecule has 3 aliphatic heterocycles. The van der Waals surface area contributed by atoms with Gasteiger partial charge in [-0.05, 0) is 54.9 Å². The smallest absolute Gasteiger partial charge is 0.325 e. The van der Waals surface area contributed by atoms with Crippen LogP contribution in [0.15, 0.2) is 59.5 Å². The Hall–Kier alpha value is -3.13. The number of alkyl halides is 2. The Balaban J connectivity index is 0.00000451. The predicted octanol–water partition coefficient (Wildman–Crippen LogP) is 4.31. The van der Waals surface area contributed by atoms with Gasteiger partial charge < -0.3 is 15.1 Å². The number of nitrogens with one attached hydrogen (secondary N) is 1. The number of likely N-dealkylation sites (tertiary alicyclic amines) is 2. The lowest BCUT2D eigenvalue weighted by Crippen LogP contribution is -2.55. The van der Waals surface area contributed by atoms with Gasteiger partial charge in [-0.15, -0.1) is 12.4 Å². The Morgan fingerprint density at radius 2 is 1.56 bits per heavy atom. The van der Waals surface area contributed by atoms with E-state index in [2.05, 4.69) is 22.3 Å². The van der Waals surface area contributed by atoms with Crippen molar-refractivity contribution < 1.29 is 31.6 Å². The minimum Gasteiger partial charge on any atom is -0.341 e. The number of carbonyl (C=O) groups excluding carboxylic acids is 3. The molecule has 262 valence electrons. The fraction of sp³-hybridized carbons (Fsp3) is 0.559. The molecule has 10 nitrogen and oxygen atoms in total. The zero-order chi connectivity index (χ0) is 33.6. The molecule has 4 amide bonds. The molecule has 1 aliphatic carbocycles. The van der Waals surface area contributed by atoms with Crippen LogP contribution < -0.4 is 5.32 Å². The van der Waals surface area contributed by atoms with E-state index in [1.165, 1.54) is 31.1 Å². The van der Waals surface area contributed by atoms with E-state index in [0.29, 0.717) is 44.6 Å². The van der Waals surface area contributed by atoms with Gasteiger partial charge in [0.1, 0.15) is 5.54 Å². The van der Waals surface area contributed by atoms with E-state index >= 15 is 0 Å². The van der Waals surface area contributed by atoms with Crippen molar-refractivity contribution in [2.45, 2.75) is 67.3 Å². The number of amides is 4. The highest BCUT2D eigenvalue weighted by Gasteiger charge is 2.52. The van der Waals surface area contributed by atoms with Gasteiger partial charge in [0.2, 0.25) is 21.9 Å². The SMILES string of the molecule is CN(C)S(=O)(=O)c1ccc(CN2C(=O)NC3(CCN(C[C@H]4CN(C(=O)C5CCC(F)(F)CC5)C[C@@H]4c4ccccc4)CC3)C2=O)cc1.Cl. The molecule has 3 heterocycles. The molecule has 48 heavy (non-hydrogen) atoms. The lowest BCUT2D eigenvalue weighted by atomic mass is 9.85. The molecule has 3 saturated heterocycles. The van der Waals surface area contributed by atoms with E-state index in [-0.39, 0.29) is 79.1 Å². The molecular weight excluding hydrogens is 664 g/mol. The van der Waals surface area contributed by atoms with E-state index in [1.807, 2.05) is 23.1 Å². The summed E-state index contributed by atoms with van der Waals surface area (Å²) in [5, 5.41) is 2.95. The third-order valence-electron chi connectivity index (χ3n) is 10.5. The Morgan fingerprint density at radius 3 is 2.17 bits per heavy atom. The second kappa shape index (κ2) is 14.0. The van der Waals surface area contributed by atoms with Gasteiger partial charge in [0.15, 0.2) is 0 Å². The molecule has 0 unspecified atom stereocenters. The first-order valence-electron chi connectivity index (χ1n) is 16.4. The number of nitrogens with zero attached hydrogens (tertiary/aromatic N) is 4. The number of piperidine rings is 1. The maximum Gasteiger partial charge on any atom is 0.325 e.